The highest BCUT2D eigenvalue weighted by atomic mass is 31.2. The third-order valence-corrected chi connectivity index (χ3v) is 10.8. The molecule has 0 saturated carbocycles. The molecule has 10 heteroatoms. The highest BCUT2D eigenvalue weighted by molar-refractivity contribution is 7.47. The summed E-state index contributed by atoms with van der Waals surface area (Å²) in [4.78, 5) is 34.9. The van der Waals surface area contributed by atoms with E-state index in [-0.39, 0.29) is 38.6 Å². The van der Waals surface area contributed by atoms with Crippen molar-refractivity contribution in [2.24, 2.45) is 5.73 Å². The number of carbonyl (C=O) groups excluding carboxylic acids is 2. The molecular weight excluding hydrogens is 725 g/mol. The number of hydrogen-bond acceptors (Lipinski definition) is 8. The number of hydrogen-bond donors (Lipinski definition) is 2. The number of unbranched alkanes of at least 4 members (excludes halogenated alkanes) is 24. The largest absolute Gasteiger partial charge is 0.472 e. The van der Waals surface area contributed by atoms with E-state index in [1.165, 1.54) is 116 Å². The Kier molecular flexibility index (Phi) is 41.5. The van der Waals surface area contributed by atoms with Crippen molar-refractivity contribution >= 4 is 19.8 Å². The maximum atomic E-state index is 12.6. The van der Waals surface area contributed by atoms with Gasteiger partial charge in [0.25, 0.3) is 0 Å². The van der Waals surface area contributed by atoms with Gasteiger partial charge >= 0.3 is 19.8 Å². The molecule has 0 aromatic heterocycles. The SMILES string of the molecule is CC/C=C\C/C=C\C/C=C\CCCCCCCCCC(=O)OC(COC(=O)CCCCCCCCCCCCCCCCCCCC)COP(=O)(O)OCCN. The summed E-state index contributed by atoms with van der Waals surface area (Å²) in [5.41, 5.74) is 5.35. The van der Waals surface area contributed by atoms with E-state index in [2.05, 4.69) is 50.3 Å². The number of ether oxygens (including phenoxy) is 2. The molecule has 0 fully saturated rings. The van der Waals surface area contributed by atoms with Gasteiger partial charge in [-0.05, 0) is 44.9 Å². The second-order valence-corrected chi connectivity index (χ2v) is 16.7. The van der Waals surface area contributed by atoms with Gasteiger partial charge in [-0.1, -0.05) is 192 Å². The van der Waals surface area contributed by atoms with E-state index in [0.717, 1.165) is 64.2 Å². The predicted octanol–water partition coefficient (Wildman–Crippen LogP) is 13.3. The van der Waals surface area contributed by atoms with Crippen LogP contribution in [0.3, 0.4) is 0 Å². The number of phosphoric ester groups is 1. The zero-order valence-corrected chi connectivity index (χ0v) is 37.0. The van der Waals surface area contributed by atoms with Crippen molar-refractivity contribution in [2.75, 3.05) is 26.4 Å². The van der Waals surface area contributed by atoms with Gasteiger partial charge in [0.1, 0.15) is 6.61 Å². The topological polar surface area (TPSA) is 134 Å². The first-order chi connectivity index (χ1) is 27.3. The van der Waals surface area contributed by atoms with Crippen molar-refractivity contribution in [3.05, 3.63) is 36.5 Å². The Morgan fingerprint density at radius 3 is 1.46 bits per heavy atom. The molecule has 0 radical (unpaired) electrons. The lowest BCUT2D eigenvalue weighted by molar-refractivity contribution is -0.161. The van der Waals surface area contributed by atoms with E-state index in [4.69, 9.17) is 24.3 Å². The van der Waals surface area contributed by atoms with Crippen LogP contribution in [0.4, 0.5) is 0 Å². The van der Waals surface area contributed by atoms with Crippen LogP contribution in [0.1, 0.15) is 213 Å². The number of allylic oxidation sites excluding steroid dienone is 6. The summed E-state index contributed by atoms with van der Waals surface area (Å²) in [6.45, 7) is 3.64. The maximum Gasteiger partial charge on any atom is 0.472 e. The van der Waals surface area contributed by atoms with Crippen molar-refractivity contribution in [1.82, 2.24) is 0 Å². The average molecular weight is 812 g/mol. The summed E-state index contributed by atoms with van der Waals surface area (Å²) in [5, 5.41) is 0. The molecule has 0 rings (SSSR count). The molecule has 2 unspecified atom stereocenters. The highest BCUT2D eigenvalue weighted by Gasteiger charge is 2.26. The summed E-state index contributed by atoms with van der Waals surface area (Å²) in [5.74, 6) is -0.832. The van der Waals surface area contributed by atoms with Gasteiger partial charge in [0.2, 0.25) is 0 Å². The van der Waals surface area contributed by atoms with Gasteiger partial charge in [-0.3, -0.25) is 18.6 Å². The first-order valence-electron chi connectivity index (χ1n) is 23.0. The number of phosphoric acid groups is 1. The molecule has 2 atom stereocenters. The van der Waals surface area contributed by atoms with Crippen molar-refractivity contribution in [3.8, 4) is 0 Å². The molecule has 56 heavy (non-hydrogen) atoms. The van der Waals surface area contributed by atoms with Gasteiger partial charge in [0.15, 0.2) is 6.10 Å². The van der Waals surface area contributed by atoms with E-state index in [1.54, 1.807) is 0 Å². The molecule has 0 saturated heterocycles. The summed E-state index contributed by atoms with van der Waals surface area (Å²) in [6, 6.07) is 0. The lowest BCUT2D eigenvalue weighted by Crippen LogP contribution is -2.29. The molecule has 0 amide bonds. The summed E-state index contributed by atoms with van der Waals surface area (Å²) < 4.78 is 32.8. The Balaban J connectivity index is 4.10. The van der Waals surface area contributed by atoms with E-state index < -0.39 is 26.5 Å². The Morgan fingerprint density at radius 1 is 0.554 bits per heavy atom. The van der Waals surface area contributed by atoms with E-state index >= 15 is 0 Å². The van der Waals surface area contributed by atoms with Gasteiger partial charge in [-0.2, -0.15) is 0 Å². The normalized spacial score (nSPS) is 13.6. The smallest absolute Gasteiger partial charge is 0.462 e. The molecule has 3 N–H and O–H groups in total. The van der Waals surface area contributed by atoms with Crippen molar-refractivity contribution < 1.29 is 37.6 Å². The van der Waals surface area contributed by atoms with Crippen LogP contribution in [0, 0.1) is 0 Å². The summed E-state index contributed by atoms with van der Waals surface area (Å²) >= 11 is 0. The molecule has 0 bridgehead atoms. The molecule has 0 aromatic carbocycles. The van der Waals surface area contributed by atoms with Gasteiger partial charge in [-0.25, -0.2) is 4.57 Å². The zero-order chi connectivity index (χ0) is 41.1. The van der Waals surface area contributed by atoms with Crippen molar-refractivity contribution in [2.45, 2.75) is 219 Å². The standard InChI is InChI=1S/C46H86NO8P/c1-3-5-7-9-11-13-15-17-19-21-23-24-26-28-30-32-34-36-38-45(48)52-42-44(43-54-56(50,51)53-41-40-47)55-46(49)39-37-35-33-31-29-27-25-22-20-18-16-14-12-10-8-6-4-2/h6,8,12,14,18,20,44H,3-5,7,9-11,13,15-17,19,21-43,47H2,1-2H3,(H,50,51)/b8-6-,14-12-,20-18-. The first kappa shape index (κ1) is 54.2. The van der Waals surface area contributed by atoms with Gasteiger partial charge < -0.3 is 20.1 Å². The average Bonchev–Trinajstić information content (AvgIpc) is 3.18. The van der Waals surface area contributed by atoms with Crippen LogP contribution in [-0.4, -0.2) is 49.3 Å². The van der Waals surface area contributed by atoms with Crippen LogP contribution in [0.5, 0.6) is 0 Å². The molecule has 328 valence electrons. The predicted molar refractivity (Wildman–Crippen MR) is 234 cm³/mol. The maximum absolute atomic E-state index is 12.6. The van der Waals surface area contributed by atoms with E-state index in [1.807, 2.05) is 0 Å². The Bertz CT molecular complexity index is 1020. The monoisotopic (exact) mass is 812 g/mol. The Morgan fingerprint density at radius 2 is 0.982 bits per heavy atom. The fourth-order valence-electron chi connectivity index (χ4n) is 6.41. The van der Waals surface area contributed by atoms with Crippen molar-refractivity contribution in [1.29, 1.82) is 0 Å². The van der Waals surface area contributed by atoms with Crippen LogP contribution in [0.25, 0.3) is 0 Å². The van der Waals surface area contributed by atoms with Gasteiger partial charge in [0, 0.05) is 19.4 Å². The molecule has 0 aliphatic rings. The number of esters is 2. The molecular formula is C46H86NO8P. The van der Waals surface area contributed by atoms with Crippen LogP contribution in [0.15, 0.2) is 36.5 Å². The number of nitrogens with two attached hydrogens (primary N) is 1. The second-order valence-electron chi connectivity index (χ2n) is 15.2. The molecule has 9 nitrogen and oxygen atoms in total. The highest BCUT2D eigenvalue weighted by Crippen LogP contribution is 2.43. The lowest BCUT2D eigenvalue weighted by Gasteiger charge is -2.19. The quantitative estimate of drug-likeness (QED) is 0.0267. The Hall–Kier alpha value is -1.77. The number of carbonyl (C=O) groups is 2. The molecule has 0 aliphatic heterocycles. The van der Waals surface area contributed by atoms with Gasteiger partial charge in [0.05, 0.1) is 13.2 Å². The molecule has 0 aromatic rings. The van der Waals surface area contributed by atoms with E-state index in [0.29, 0.717) is 6.42 Å². The Labute approximate surface area is 344 Å². The first-order valence-corrected chi connectivity index (χ1v) is 24.5. The second kappa shape index (κ2) is 42.8. The van der Waals surface area contributed by atoms with Crippen LogP contribution in [0.2, 0.25) is 0 Å². The minimum Gasteiger partial charge on any atom is -0.462 e. The van der Waals surface area contributed by atoms with Gasteiger partial charge in [-0.15, -0.1) is 0 Å². The third kappa shape index (κ3) is 41.9. The minimum absolute atomic E-state index is 0.0521. The van der Waals surface area contributed by atoms with Crippen LogP contribution in [-0.2, 0) is 32.7 Å². The van der Waals surface area contributed by atoms with E-state index in [9.17, 15) is 19.0 Å². The van der Waals surface area contributed by atoms with Crippen molar-refractivity contribution in [3.63, 3.8) is 0 Å². The molecule has 0 heterocycles. The minimum atomic E-state index is -4.38. The van der Waals surface area contributed by atoms with Crippen LogP contribution < -0.4 is 5.73 Å². The molecule has 0 spiro atoms. The summed E-state index contributed by atoms with van der Waals surface area (Å²) in [6.07, 6.45) is 47.4. The molecule has 0 aliphatic carbocycles. The fourth-order valence-corrected chi connectivity index (χ4v) is 7.18. The van der Waals surface area contributed by atoms with Crippen LogP contribution >= 0.6 is 7.82 Å². The zero-order valence-electron chi connectivity index (χ0n) is 36.1. The summed E-state index contributed by atoms with van der Waals surface area (Å²) in [7, 11) is -4.38. The number of rotatable bonds is 43. The fraction of sp³-hybridized carbons (Fsp3) is 0.826. The third-order valence-electron chi connectivity index (χ3n) is 9.79. The lowest BCUT2D eigenvalue weighted by atomic mass is 10.0.